The standard InChI is InChI=1S/C35H38N4O5.Mg/c1-8-19-15(3)22-12-24-17(5)21(10-11-28(40)41)32(38-24)30-31(35(43)44-7)34(42)29-18(6)25(39-33(29)30)14-27-20(9-2)16(4)23(37-27)13-26(19)36-22;/h8,12-14,16-17,20-21H,1,9-11H2,2-7H3,(H4,36,37,38,39,40,41,42,43);/q;+2/p-4/t16-,17+,20-,21+;/m1./s1. The van der Waals surface area contributed by atoms with E-state index in [-0.39, 0.29) is 59.2 Å². The first kappa shape index (κ1) is 32.5. The van der Waals surface area contributed by atoms with Crippen molar-refractivity contribution in [3.63, 3.8) is 0 Å². The van der Waals surface area contributed by atoms with E-state index in [1.807, 2.05) is 39.0 Å². The number of carbonyl (C=O) groups excluding carboxylic acids is 2. The average Bonchev–Trinajstić information content (AvgIpc) is 3.72. The average molecular weight is 615 g/mol. The molecular weight excluding hydrogens is 581 g/mol. The summed E-state index contributed by atoms with van der Waals surface area (Å²) in [7, 11) is 1.23. The first-order valence-electron chi connectivity index (χ1n) is 15.0. The Labute approximate surface area is 278 Å². The molecule has 4 aliphatic rings. The normalized spacial score (nSPS) is 21.0. The van der Waals surface area contributed by atoms with Crippen LogP contribution in [0.4, 0.5) is 0 Å². The Hall–Kier alpha value is -3.89. The van der Waals surface area contributed by atoms with Crippen molar-refractivity contribution in [3.05, 3.63) is 81.7 Å². The number of carbonyl (C=O) groups is 2. The number of aliphatic carboxylic acids is 1. The monoisotopic (exact) mass is 614 g/mol. The number of nitrogens with zero attached hydrogens (tertiary/aromatic N) is 4. The summed E-state index contributed by atoms with van der Waals surface area (Å²) >= 11 is 0. The topological polar surface area (TPSA) is 143 Å². The van der Waals surface area contributed by atoms with Gasteiger partial charge in [0, 0.05) is 34.8 Å². The maximum Gasteiger partial charge on any atom is 2.00 e. The van der Waals surface area contributed by atoms with Crippen molar-refractivity contribution >= 4 is 68.5 Å². The number of allylic oxidation sites excluding steroid dienone is 3. The minimum atomic E-state index is -1.19. The quantitative estimate of drug-likeness (QED) is 0.351. The fourth-order valence-corrected chi connectivity index (χ4v) is 7.09. The zero-order chi connectivity index (χ0) is 31.6. The summed E-state index contributed by atoms with van der Waals surface area (Å²) in [4.78, 5) is 44.7. The van der Waals surface area contributed by atoms with Gasteiger partial charge in [-0.1, -0.05) is 56.9 Å². The summed E-state index contributed by atoms with van der Waals surface area (Å²) in [6, 6.07) is 5.87. The third-order valence-corrected chi connectivity index (χ3v) is 9.66. The number of aromatic nitrogens is 4. The van der Waals surface area contributed by atoms with Crippen LogP contribution in [0.25, 0.3) is 33.5 Å². The van der Waals surface area contributed by atoms with Crippen molar-refractivity contribution in [3.8, 4) is 0 Å². The molecule has 2 aromatic heterocycles. The van der Waals surface area contributed by atoms with Gasteiger partial charge in [0.1, 0.15) is 0 Å². The number of aryl methyl sites for hydroxylation is 1. The van der Waals surface area contributed by atoms with E-state index >= 15 is 0 Å². The number of ether oxygens (including phenoxy) is 1. The van der Waals surface area contributed by atoms with Crippen molar-refractivity contribution in [1.82, 2.24) is 19.9 Å². The molecule has 0 aromatic carbocycles. The van der Waals surface area contributed by atoms with Gasteiger partial charge in [0.15, 0.2) is 0 Å². The molecule has 228 valence electrons. The first-order valence-corrected chi connectivity index (χ1v) is 15.0. The summed E-state index contributed by atoms with van der Waals surface area (Å²) in [5.41, 5.74) is 8.35. The van der Waals surface area contributed by atoms with Crippen molar-refractivity contribution in [2.75, 3.05) is 7.11 Å². The third-order valence-electron chi connectivity index (χ3n) is 9.66. The van der Waals surface area contributed by atoms with Crippen LogP contribution in [-0.4, -0.2) is 52.1 Å². The molecule has 3 aliphatic heterocycles. The second kappa shape index (κ2) is 12.1. The molecule has 9 nitrogen and oxygen atoms in total. The van der Waals surface area contributed by atoms with Crippen LogP contribution in [0.1, 0.15) is 121 Å². The molecule has 5 heterocycles. The molecule has 0 N–H and O–H groups in total. The smallest absolute Gasteiger partial charge is 0.871 e. The molecule has 0 saturated heterocycles. The molecule has 0 radical (unpaired) electrons. The first-order chi connectivity index (χ1) is 21.0. The molecular formula is C35H34MgN4O5-2. The number of esters is 1. The van der Waals surface area contributed by atoms with Gasteiger partial charge in [-0.15, -0.1) is 16.7 Å². The number of carboxylic acid groups (broad SMARTS) is 1. The molecule has 0 spiro atoms. The van der Waals surface area contributed by atoms with E-state index in [0.29, 0.717) is 44.8 Å². The van der Waals surface area contributed by atoms with Crippen LogP contribution in [0.3, 0.4) is 0 Å². The predicted octanol–water partition coefficient (Wildman–Crippen LogP) is 3.77. The van der Waals surface area contributed by atoms with Gasteiger partial charge in [-0.05, 0) is 67.7 Å². The maximum absolute atomic E-state index is 13.9. The zero-order valence-electron chi connectivity index (χ0n) is 26.5. The number of carboxylic acids is 1. The fourth-order valence-electron chi connectivity index (χ4n) is 7.09. The summed E-state index contributed by atoms with van der Waals surface area (Å²) in [5, 5.41) is 25.5. The van der Waals surface area contributed by atoms with E-state index in [1.54, 1.807) is 6.08 Å². The molecule has 4 atom stereocenters. The van der Waals surface area contributed by atoms with Crippen molar-refractivity contribution in [2.24, 2.45) is 0 Å². The zero-order valence-corrected chi connectivity index (χ0v) is 27.9. The second-order valence-corrected chi connectivity index (χ2v) is 12.0. The van der Waals surface area contributed by atoms with E-state index in [0.717, 1.165) is 34.6 Å². The van der Waals surface area contributed by atoms with Gasteiger partial charge >= 0.3 is 29.0 Å². The molecule has 45 heavy (non-hydrogen) atoms. The number of fused-ring (bicyclic) bond motifs is 8. The van der Waals surface area contributed by atoms with Gasteiger partial charge in [-0.25, -0.2) is 9.78 Å². The Morgan fingerprint density at radius 2 is 1.76 bits per heavy atom. The van der Waals surface area contributed by atoms with E-state index in [4.69, 9.17) is 24.7 Å². The van der Waals surface area contributed by atoms with Crippen LogP contribution < -0.4 is 20.2 Å². The summed E-state index contributed by atoms with van der Waals surface area (Å²) in [6.07, 6.45) is 2.65. The third kappa shape index (κ3) is 5.08. The minimum Gasteiger partial charge on any atom is -0.871 e. The fraction of sp³-hybridized carbons (Fsp3) is 0.371. The summed E-state index contributed by atoms with van der Waals surface area (Å²) in [6.45, 7) is 14.1. The summed E-state index contributed by atoms with van der Waals surface area (Å²) < 4.78 is 5.07. The van der Waals surface area contributed by atoms with Gasteiger partial charge in [0.25, 0.3) is 0 Å². The molecule has 6 rings (SSSR count). The molecule has 2 aromatic rings. The van der Waals surface area contributed by atoms with Crippen molar-refractivity contribution in [1.29, 1.82) is 0 Å². The largest absolute Gasteiger partial charge is 2.00 e. The maximum atomic E-state index is 13.9. The van der Waals surface area contributed by atoms with Gasteiger partial charge in [-0.2, -0.15) is 5.69 Å². The Balaban J connectivity index is 0.00000400. The second-order valence-electron chi connectivity index (χ2n) is 12.0. The number of hydrogen-bond donors (Lipinski definition) is 0. The van der Waals surface area contributed by atoms with Crippen LogP contribution in [0.15, 0.2) is 30.9 Å². The van der Waals surface area contributed by atoms with Crippen LogP contribution in [0.5, 0.6) is 0 Å². The molecule has 0 fully saturated rings. The van der Waals surface area contributed by atoms with Crippen molar-refractivity contribution in [2.45, 2.75) is 77.6 Å². The Bertz CT molecular complexity index is 1900. The van der Waals surface area contributed by atoms with Crippen LogP contribution in [0.2, 0.25) is 0 Å². The predicted molar refractivity (Wildman–Crippen MR) is 169 cm³/mol. The van der Waals surface area contributed by atoms with Gasteiger partial charge < -0.3 is 29.7 Å². The van der Waals surface area contributed by atoms with Gasteiger partial charge in [-0.3, -0.25) is 4.98 Å². The van der Waals surface area contributed by atoms with Crippen molar-refractivity contribution < 1.29 is 24.5 Å². The van der Waals surface area contributed by atoms with Crippen LogP contribution in [0, 0.1) is 6.92 Å². The van der Waals surface area contributed by atoms with E-state index in [9.17, 15) is 19.8 Å². The molecule has 1 aliphatic carbocycles. The van der Waals surface area contributed by atoms with Crippen LogP contribution >= 0.6 is 0 Å². The minimum absolute atomic E-state index is 0. The Kier molecular flexibility index (Phi) is 8.76. The van der Waals surface area contributed by atoms with Gasteiger partial charge in [0.2, 0.25) is 0 Å². The number of hydrogen-bond acceptors (Lipinski definition) is 7. The Morgan fingerprint density at radius 1 is 1.02 bits per heavy atom. The molecule has 8 bridgehead atoms. The van der Waals surface area contributed by atoms with Gasteiger partial charge in [0.05, 0.1) is 24.1 Å². The Morgan fingerprint density at radius 3 is 2.40 bits per heavy atom. The number of rotatable bonds is 6. The summed E-state index contributed by atoms with van der Waals surface area (Å²) in [5.74, 6) is -2.83. The molecule has 0 amide bonds. The van der Waals surface area contributed by atoms with E-state index < -0.39 is 23.6 Å². The molecule has 0 unspecified atom stereocenters. The molecule has 0 saturated carbocycles. The van der Waals surface area contributed by atoms with E-state index in [1.165, 1.54) is 7.11 Å². The number of methoxy groups -OCH3 is 1. The molecule has 10 heteroatoms. The SMILES string of the molecule is C=CC1=C(C)c2cc3[n-]c(c4c5[n-]c(cc6nc(cc1n2)[C@H](C)[C@H]6CC)c(C)c5C([O-])=C4C(=O)OC)[C@@H](CCC(=O)[O-])[C@@H]3C.[Mg+2]. The van der Waals surface area contributed by atoms with Crippen LogP contribution in [-0.2, 0) is 14.3 Å². The van der Waals surface area contributed by atoms with E-state index in [2.05, 4.69) is 20.4 Å².